The normalized spacial score (nSPS) is 17.6. The van der Waals surface area contributed by atoms with Crippen molar-refractivity contribution in [2.45, 2.75) is 29.6 Å². The van der Waals surface area contributed by atoms with E-state index in [1.54, 1.807) is 12.1 Å². The molecule has 5 rings (SSSR count). The third kappa shape index (κ3) is 5.22. The second-order valence-electron chi connectivity index (χ2n) is 7.80. The van der Waals surface area contributed by atoms with Crippen LogP contribution in [0.5, 0.6) is 11.5 Å². The molecular weight excluding hydrogens is 463 g/mol. The summed E-state index contributed by atoms with van der Waals surface area (Å²) in [7, 11) is 0. The standard InChI is InChI=1S/C23H23FN4O3S2/c24-16-4-1-5-17(13-16)25-22-26-27-23(33-22)32-14-21(29)28-9-2-6-18(28)15-7-8-19-20(12-15)31-11-3-10-30-19/h1,4-5,7-8,12-13,18H,2-3,6,9-11,14H2,(H,25,26). The Labute approximate surface area is 199 Å². The maximum absolute atomic E-state index is 13.4. The number of nitrogens with zero attached hydrogens (tertiary/aromatic N) is 3. The van der Waals surface area contributed by atoms with Crippen molar-refractivity contribution >= 4 is 39.8 Å². The number of benzene rings is 2. The number of carbonyl (C=O) groups excluding carboxylic acids is 1. The number of aromatic nitrogens is 2. The van der Waals surface area contributed by atoms with Crippen LogP contribution in [0.4, 0.5) is 15.2 Å². The van der Waals surface area contributed by atoms with E-state index < -0.39 is 0 Å². The van der Waals surface area contributed by atoms with Crippen LogP contribution in [0, 0.1) is 5.82 Å². The van der Waals surface area contributed by atoms with Gasteiger partial charge in [-0.15, -0.1) is 10.2 Å². The number of fused-ring (bicyclic) bond motifs is 1. The molecule has 3 heterocycles. The van der Waals surface area contributed by atoms with E-state index in [4.69, 9.17) is 9.47 Å². The number of hydrogen-bond acceptors (Lipinski definition) is 8. The molecule has 1 fully saturated rings. The Balaban J connectivity index is 1.20. The first-order valence-corrected chi connectivity index (χ1v) is 12.6. The molecule has 1 atom stereocenters. The zero-order valence-electron chi connectivity index (χ0n) is 17.8. The monoisotopic (exact) mass is 486 g/mol. The van der Waals surface area contributed by atoms with E-state index >= 15 is 0 Å². The van der Waals surface area contributed by atoms with E-state index in [1.165, 1.54) is 35.2 Å². The van der Waals surface area contributed by atoms with Crippen LogP contribution in [-0.4, -0.2) is 46.5 Å². The predicted octanol–water partition coefficient (Wildman–Crippen LogP) is 5.04. The van der Waals surface area contributed by atoms with Crippen LogP contribution in [0.1, 0.15) is 30.9 Å². The number of ether oxygens (including phenoxy) is 2. The van der Waals surface area contributed by atoms with Gasteiger partial charge in [-0.1, -0.05) is 35.2 Å². The van der Waals surface area contributed by atoms with Gasteiger partial charge in [0.05, 0.1) is 25.0 Å². The van der Waals surface area contributed by atoms with Crippen molar-refractivity contribution in [3.8, 4) is 11.5 Å². The Morgan fingerprint density at radius 2 is 2.03 bits per heavy atom. The van der Waals surface area contributed by atoms with Crippen LogP contribution in [0.3, 0.4) is 0 Å². The number of amides is 1. The van der Waals surface area contributed by atoms with Gasteiger partial charge in [-0.3, -0.25) is 4.79 Å². The summed E-state index contributed by atoms with van der Waals surface area (Å²) in [5.74, 6) is 1.56. The van der Waals surface area contributed by atoms with Crippen molar-refractivity contribution < 1.29 is 18.7 Å². The topological polar surface area (TPSA) is 76.6 Å². The first kappa shape index (κ1) is 22.0. The van der Waals surface area contributed by atoms with Gasteiger partial charge in [-0.05, 0) is 48.7 Å². The van der Waals surface area contributed by atoms with Crippen LogP contribution >= 0.6 is 23.1 Å². The Hall–Kier alpha value is -2.85. The number of rotatable bonds is 6. The summed E-state index contributed by atoms with van der Waals surface area (Å²) in [4.78, 5) is 15.0. The smallest absolute Gasteiger partial charge is 0.233 e. The molecule has 3 aromatic rings. The van der Waals surface area contributed by atoms with E-state index in [0.29, 0.717) is 28.4 Å². The van der Waals surface area contributed by atoms with Crippen molar-refractivity contribution in [3.63, 3.8) is 0 Å². The molecule has 7 nitrogen and oxygen atoms in total. The van der Waals surface area contributed by atoms with Gasteiger partial charge in [0.1, 0.15) is 5.82 Å². The zero-order valence-corrected chi connectivity index (χ0v) is 19.5. The molecular formula is C23H23FN4O3S2. The molecule has 2 aliphatic rings. The van der Waals surface area contributed by atoms with Crippen LogP contribution in [-0.2, 0) is 4.79 Å². The molecule has 1 saturated heterocycles. The minimum Gasteiger partial charge on any atom is -0.490 e. The second kappa shape index (κ2) is 9.96. The average Bonchev–Trinajstić information content (AvgIpc) is 3.42. The minimum absolute atomic E-state index is 0.0369. The zero-order chi connectivity index (χ0) is 22.6. The average molecular weight is 487 g/mol. The summed E-state index contributed by atoms with van der Waals surface area (Å²) in [5, 5.41) is 11.8. The number of halogens is 1. The van der Waals surface area contributed by atoms with Crippen molar-refractivity contribution in [3.05, 3.63) is 53.8 Å². The van der Waals surface area contributed by atoms with Gasteiger partial charge in [-0.2, -0.15) is 0 Å². The van der Waals surface area contributed by atoms with Gasteiger partial charge in [0.2, 0.25) is 11.0 Å². The van der Waals surface area contributed by atoms with Gasteiger partial charge in [-0.25, -0.2) is 4.39 Å². The number of carbonyl (C=O) groups is 1. The highest BCUT2D eigenvalue weighted by atomic mass is 32.2. The van der Waals surface area contributed by atoms with E-state index in [0.717, 1.165) is 42.9 Å². The fourth-order valence-corrected chi connectivity index (χ4v) is 5.67. The highest BCUT2D eigenvalue weighted by Crippen LogP contribution is 2.38. The van der Waals surface area contributed by atoms with Crippen LogP contribution < -0.4 is 14.8 Å². The first-order chi connectivity index (χ1) is 16.2. The molecule has 1 aromatic heterocycles. The second-order valence-corrected chi connectivity index (χ2v) is 10.00. The number of nitrogens with one attached hydrogen (secondary N) is 1. The molecule has 172 valence electrons. The fraction of sp³-hybridized carbons (Fsp3) is 0.348. The van der Waals surface area contributed by atoms with Gasteiger partial charge in [0.25, 0.3) is 0 Å². The van der Waals surface area contributed by atoms with Crippen LogP contribution in [0.25, 0.3) is 0 Å². The molecule has 2 aliphatic heterocycles. The molecule has 1 N–H and O–H groups in total. The van der Waals surface area contributed by atoms with Crippen LogP contribution in [0.2, 0.25) is 0 Å². The largest absolute Gasteiger partial charge is 0.490 e. The Kier molecular flexibility index (Phi) is 6.63. The summed E-state index contributed by atoms with van der Waals surface area (Å²) >= 11 is 2.71. The summed E-state index contributed by atoms with van der Waals surface area (Å²) in [6, 6.07) is 12.2. The first-order valence-electron chi connectivity index (χ1n) is 10.8. The SMILES string of the molecule is O=C(CSc1nnc(Nc2cccc(F)c2)s1)N1CCCC1c1ccc2c(c1)OCCCO2. The molecule has 0 bridgehead atoms. The molecule has 0 spiro atoms. The number of hydrogen-bond donors (Lipinski definition) is 1. The summed E-state index contributed by atoms with van der Waals surface area (Å²) in [5.41, 5.74) is 1.68. The van der Waals surface area contributed by atoms with E-state index in [9.17, 15) is 9.18 Å². The summed E-state index contributed by atoms with van der Waals surface area (Å²) in [6.07, 6.45) is 2.76. The number of likely N-dealkylation sites (tertiary alicyclic amines) is 1. The third-order valence-corrected chi connectivity index (χ3v) is 7.49. The number of thioether (sulfide) groups is 1. The Morgan fingerprint density at radius 1 is 1.15 bits per heavy atom. The molecule has 0 saturated carbocycles. The lowest BCUT2D eigenvalue weighted by Gasteiger charge is -2.25. The third-order valence-electron chi connectivity index (χ3n) is 5.53. The quantitative estimate of drug-likeness (QED) is 0.489. The van der Waals surface area contributed by atoms with Gasteiger partial charge >= 0.3 is 0 Å². The van der Waals surface area contributed by atoms with E-state index in [2.05, 4.69) is 15.5 Å². The van der Waals surface area contributed by atoms with Crippen molar-refractivity contribution in [2.75, 3.05) is 30.8 Å². The Bertz CT molecular complexity index is 1140. The van der Waals surface area contributed by atoms with Gasteiger partial charge in [0.15, 0.2) is 15.8 Å². The lowest BCUT2D eigenvalue weighted by atomic mass is 10.0. The summed E-state index contributed by atoms with van der Waals surface area (Å²) < 4.78 is 25.6. The number of anilines is 2. The lowest BCUT2D eigenvalue weighted by Crippen LogP contribution is -2.32. The molecule has 10 heteroatoms. The van der Waals surface area contributed by atoms with Gasteiger partial charge in [0, 0.05) is 18.7 Å². The van der Waals surface area contributed by atoms with Crippen molar-refractivity contribution in [2.24, 2.45) is 0 Å². The minimum atomic E-state index is -0.321. The maximum atomic E-state index is 13.4. The van der Waals surface area contributed by atoms with Gasteiger partial charge < -0.3 is 19.7 Å². The van der Waals surface area contributed by atoms with Crippen molar-refractivity contribution in [1.29, 1.82) is 0 Å². The van der Waals surface area contributed by atoms with E-state index in [-0.39, 0.29) is 23.5 Å². The Morgan fingerprint density at radius 3 is 2.91 bits per heavy atom. The van der Waals surface area contributed by atoms with Crippen molar-refractivity contribution in [1.82, 2.24) is 15.1 Å². The van der Waals surface area contributed by atoms with Crippen LogP contribution in [0.15, 0.2) is 46.8 Å². The lowest BCUT2D eigenvalue weighted by molar-refractivity contribution is -0.129. The summed E-state index contributed by atoms with van der Waals surface area (Å²) in [6.45, 7) is 2.03. The highest BCUT2D eigenvalue weighted by molar-refractivity contribution is 8.01. The molecule has 0 radical (unpaired) electrons. The molecule has 1 unspecified atom stereocenters. The fourth-order valence-electron chi connectivity index (χ4n) is 4.01. The highest BCUT2D eigenvalue weighted by Gasteiger charge is 2.31. The molecule has 0 aliphatic carbocycles. The molecule has 2 aromatic carbocycles. The molecule has 33 heavy (non-hydrogen) atoms. The maximum Gasteiger partial charge on any atom is 0.233 e. The van der Waals surface area contributed by atoms with E-state index in [1.807, 2.05) is 23.1 Å². The molecule has 1 amide bonds. The predicted molar refractivity (Wildman–Crippen MR) is 126 cm³/mol.